The maximum Gasteiger partial charge on any atom is 0.410 e. The Balaban J connectivity index is 1.32. The molecular formula is C28H36BrF2N5O3. The van der Waals surface area contributed by atoms with Crippen LogP contribution in [-0.4, -0.2) is 88.0 Å². The van der Waals surface area contributed by atoms with Gasteiger partial charge in [0.1, 0.15) is 29.7 Å². The number of carbonyl (C=O) groups excluding carboxylic acids is 1. The first kappa shape index (κ1) is 26.9. The van der Waals surface area contributed by atoms with Crippen molar-refractivity contribution < 1.29 is 23.0 Å². The number of piperazine rings is 1. The van der Waals surface area contributed by atoms with Crippen molar-refractivity contribution in [2.24, 2.45) is 0 Å². The average molecular weight is 609 g/mol. The van der Waals surface area contributed by atoms with Gasteiger partial charge in [-0.2, -0.15) is 9.97 Å². The Labute approximate surface area is 236 Å². The summed E-state index contributed by atoms with van der Waals surface area (Å²) in [5, 5.41) is 0.607. The van der Waals surface area contributed by atoms with Crippen LogP contribution >= 0.6 is 15.9 Å². The monoisotopic (exact) mass is 607 g/mol. The zero-order valence-electron chi connectivity index (χ0n) is 23.0. The number of hydrogen-bond donors (Lipinski definition) is 0. The van der Waals surface area contributed by atoms with E-state index in [1.54, 1.807) is 0 Å². The first-order chi connectivity index (χ1) is 18.4. The number of aromatic nitrogens is 2. The predicted molar refractivity (Wildman–Crippen MR) is 148 cm³/mol. The van der Waals surface area contributed by atoms with E-state index in [1.165, 1.54) is 0 Å². The Morgan fingerprint density at radius 3 is 2.62 bits per heavy atom. The number of benzene rings is 1. The van der Waals surface area contributed by atoms with Crippen LogP contribution in [0.25, 0.3) is 10.9 Å². The van der Waals surface area contributed by atoms with Gasteiger partial charge < -0.3 is 14.4 Å². The van der Waals surface area contributed by atoms with Crippen LogP contribution in [0.5, 0.6) is 6.01 Å². The summed E-state index contributed by atoms with van der Waals surface area (Å²) >= 11 is 3.36. The molecule has 4 aliphatic heterocycles. The van der Waals surface area contributed by atoms with E-state index >= 15 is 4.39 Å². The van der Waals surface area contributed by atoms with Crippen molar-refractivity contribution >= 4 is 38.7 Å². The van der Waals surface area contributed by atoms with Crippen molar-refractivity contribution in [3.05, 3.63) is 21.9 Å². The van der Waals surface area contributed by atoms with Crippen LogP contribution in [0.4, 0.5) is 19.4 Å². The topological polar surface area (TPSA) is 71.0 Å². The standard InChI is InChI=1S/C28H36BrF2N5O3/c1-16-10-20-23(22(31)21(16)29)32-25(38-15-28-8-5-9-35(28)12-17(30)11-28)33-24(20)34-13-18-6-7-19(14-34)36(18)26(37)39-27(2,3)4/h10,17-19H,5-9,11-15H2,1-4H3/t17-,18?,19?,28+/m1/s1. The van der Waals surface area contributed by atoms with Crippen LogP contribution in [0.15, 0.2) is 10.5 Å². The summed E-state index contributed by atoms with van der Waals surface area (Å²) in [6.07, 6.45) is 2.88. The third-order valence-electron chi connectivity index (χ3n) is 8.63. The van der Waals surface area contributed by atoms with Gasteiger partial charge in [-0.1, -0.05) is 0 Å². The lowest BCUT2D eigenvalue weighted by Crippen LogP contribution is -2.57. The highest BCUT2D eigenvalue weighted by Crippen LogP contribution is 2.41. The van der Waals surface area contributed by atoms with Crippen molar-refractivity contribution in [3.63, 3.8) is 0 Å². The molecule has 2 bridgehead atoms. The van der Waals surface area contributed by atoms with E-state index in [2.05, 4.69) is 30.7 Å². The molecule has 4 fully saturated rings. The molecule has 4 atom stereocenters. The first-order valence-electron chi connectivity index (χ1n) is 13.9. The fraction of sp³-hybridized carbons (Fsp3) is 0.679. The molecule has 0 aliphatic carbocycles. The second kappa shape index (κ2) is 9.68. The Kier molecular flexibility index (Phi) is 6.68. The quantitative estimate of drug-likeness (QED) is 0.462. The molecule has 1 aromatic heterocycles. The van der Waals surface area contributed by atoms with Gasteiger partial charge in [0.05, 0.1) is 22.1 Å². The van der Waals surface area contributed by atoms with Crippen LogP contribution in [0.3, 0.4) is 0 Å². The van der Waals surface area contributed by atoms with Crippen LogP contribution < -0.4 is 9.64 Å². The van der Waals surface area contributed by atoms with Crippen LogP contribution in [0.1, 0.15) is 58.4 Å². The van der Waals surface area contributed by atoms with Crippen LogP contribution in [0.2, 0.25) is 0 Å². The van der Waals surface area contributed by atoms with E-state index in [0.717, 1.165) is 37.8 Å². The first-order valence-corrected chi connectivity index (χ1v) is 14.7. The zero-order chi connectivity index (χ0) is 27.7. The molecule has 8 nitrogen and oxygen atoms in total. The van der Waals surface area contributed by atoms with Gasteiger partial charge in [0.2, 0.25) is 0 Å². The number of ether oxygens (including phenoxy) is 2. The molecule has 1 amide bonds. The van der Waals surface area contributed by atoms with Crippen molar-refractivity contribution in [3.8, 4) is 6.01 Å². The van der Waals surface area contributed by atoms with Gasteiger partial charge in [-0.3, -0.25) is 9.80 Å². The number of fused-ring (bicyclic) bond motifs is 4. The largest absolute Gasteiger partial charge is 0.461 e. The lowest BCUT2D eigenvalue weighted by atomic mass is 9.95. The maximum atomic E-state index is 15.5. The van der Waals surface area contributed by atoms with E-state index < -0.39 is 17.6 Å². The molecule has 0 N–H and O–H groups in total. The third kappa shape index (κ3) is 4.83. The normalized spacial score (nSPS) is 28.8. The van der Waals surface area contributed by atoms with Gasteiger partial charge in [-0.25, -0.2) is 13.6 Å². The second-order valence-electron chi connectivity index (χ2n) is 12.6. The number of nitrogens with zero attached hydrogens (tertiary/aromatic N) is 5. The van der Waals surface area contributed by atoms with E-state index in [4.69, 9.17) is 14.5 Å². The van der Waals surface area contributed by atoms with Gasteiger partial charge in [0.15, 0.2) is 5.82 Å². The molecular weight excluding hydrogens is 572 g/mol. The summed E-state index contributed by atoms with van der Waals surface area (Å²) in [4.78, 5) is 28.5. The number of halogens is 3. The molecule has 212 valence electrons. The summed E-state index contributed by atoms with van der Waals surface area (Å²) in [5.74, 6) is 0.139. The lowest BCUT2D eigenvalue weighted by Gasteiger charge is -2.42. The minimum atomic E-state index is -0.866. The molecule has 11 heteroatoms. The summed E-state index contributed by atoms with van der Waals surface area (Å²) in [6.45, 7) is 10.1. The van der Waals surface area contributed by atoms with Crippen LogP contribution in [0, 0.1) is 12.7 Å². The van der Waals surface area contributed by atoms with Gasteiger partial charge in [0, 0.05) is 31.4 Å². The molecule has 2 unspecified atom stereocenters. The summed E-state index contributed by atoms with van der Waals surface area (Å²) in [5.41, 5.74) is 0.00283. The number of hydrogen-bond acceptors (Lipinski definition) is 7. The third-order valence-corrected chi connectivity index (χ3v) is 9.60. The predicted octanol–water partition coefficient (Wildman–Crippen LogP) is 5.38. The zero-order valence-corrected chi connectivity index (χ0v) is 24.6. The summed E-state index contributed by atoms with van der Waals surface area (Å²) < 4.78 is 42.1. The molecule has 4 aliphatic rings. The lowest BCUT2D eigenvalue weighted by molar-refractivity contribution is 0.0122. The second-order valence-corrected chi connectivity index (χ2v) is 13.4. The van der Waals surface area contributed by atoms with Crippen LogP contribution in [-0.2, 0) is 4.74 Å². The van der Waals surface area contributed by atoms with Crippen molar-refractivity contribution in [2.75, 3.05) is 37.7 Å². The Morgan fingerprint density at radius 2 is 1.92 bits per heavy atom. The van der Waals surface area contributed by atoms with Crippen molar-refractivity contribution in [2.45, 2.75) is 89.2 Å². The number of carbonyl (C=O) groups is 1. The number of aryl methyl sites for hydroxylation is 1. The highest BCUT2D eigenvalue weighted by Gasteiger charge is 2.50. The molecule has 0 saturated carbocycles. The van der Waals surface area contributed by atoms with Gasteiger partial charge in [0.25, 0.3) is 0 Å². The maximum absolute atomic E-state index is 15.5. The molecule has 2 aromatic rings. The smallest absolute Gasteiger partial charge is 0.410 e. The number of rotatable bonds is 4. The number of amides is 1. The Hall–Kier alpha value is -2.27. The molecule has 6 rings (SSSR count). The summed E-state index contributed by atoms with van der Waals surface area (Å²) in [7, 11) is 0. The molecule has 5 heterocycles. The minimum absolute atomic E-state index is 0.0275. The van der Waals surface area contributed by atoms with Gasteiger partial charge >= 0.3 is 12.1 Å². The average Bonchev–Trinajstić information content (AvgIpc) is 3.47. The van der Waals surface area contributed by atoms with Gasteiger partial charge in [-0.05, 0) is 87.5 Å². The molecule has 0 radical (unpaired) electrons. The van der Waals surface area contributed by atoms with E-state index in [9.17, 15) is 9.18 Å². The fourth-order valence-corrected chi connectivity index (χ4v) is 7.24. The highest BCUT2D eigenvalue weighted by molar-refractivity contribution is 9.10. The number of alkyl halides is 1. The van der Waals surface area contributed by atoms with Gasteiger partial charge in [-0.15, -0.1) is 0 Å². The molecule has 39 heavy (non-hydrogen) atoms. The summed E-state index contributed by atoms with van der Waals surface area (Å²) in [6, 6.07) is 1.93. The van der Waals surface area contributed by atoms with Crippen molar-refractivity contribution in [1.82, 2.24) is 19.8 Å². The van der Waals surface area contributed by atoms with E-state index in [0.29, 0.717) is 41.7 Å². The van der Waals surface area contributed by atoms with Crippen molar-refractivity contribution in [1.29, 1.82) is 0 Å². The SMILES string of the molecule is Cc1cc2c(N3CC4CCC(C3)N4C(=O)OC(C)(C)C)nc(OC[C@@]34CCCN3C[C@H](F)C4)nc2c(F)c1Br. The molecule has 4 saturated heterocycles. The van der Waals surface area contributed by atoms with E-state index in [-0.39, 0.29) is 41.8 Å². The minimum Gasteiger partial charge on any atom is -0.461 e. The fourth-order valence-electron chi connectivity index (χ4n) is 6.94. The Bertz CT molecular complexity index is 1290. The Morgan fingerprint density at radius 1 is 1.21 bits per heavy atom. The molecule has 1 aromatic carbocycles. The van der Waals surface area contributed by atoms with E-state index in [1.807, 2.05) is 38.7 Å². The molecule has 0 spiro atoms. The highest BCUT2D eigenvalue weighted by atomic mass is 79.9. The number of anilines is 1.